The second-order valence-corrected chi connectivity index (χ2v) is 7.96. The molecule has 3 heteroatoms. The first-order valence-electron chi connectivity index (χ1n) is 4.97. The van der Waals surface area contributed by atoms with E-state index in [1.54, 1.807) is 0 Å². The van der Waals surface area contributed by atoms with Crippen molar-refractivity contribution in [1.82, 2.24) is 5.32 Å². The highest BCUT2D eigenvalue weighted by molar-refractivity contribution is 6.71. The lowest BCUT2D eigenvalue weighted by atomic mass is 10.5. The summed E-state index contributed by atoms with van der Waals surface area (Å²) in [5, 5.41) is 3.33. The predicted octanol–water partition coefficient (Wildman–Crippen LogP) is 2.23. The van der Waals surface area contributed by atoms with Crippen LogP contribution in [0.2, 0.25) is 19.1 Å². The first kappa shape index (κ1) is 12.1. The van der Waals surface area contributed by atoms with E-state index in [9.17, 15) is 0 Å². The van der Waals surface area contributed by atoms with Crippen molar-refractivity contribution >= 4 is 8.32 Å². The minimum Gasteiger partial charge on any atom is -0.418 e. The lowest BCUT2D eigenvalue weighted by Gasteiger charge is -2.21. The summed E-state index contributed by atoms with van der Waals surface area (Å²) in [6.07, 6.45) is 1.26. The van der Waals surface area contributed by atoms with Crippen LogP contribution in [0.1, 0.15) is 20.3 Å². The van der Waals surface area contributed by atoms with Gasteiger partial charge in [-0.25, -0.2) is 0 Å². The normalized spacial score (nSPS) is 12.0. The molecular formula is C9H23NOSi. The number of rotatable bonds is 7. The minimum atomic E-state index is -1.29. The van der Waals surface area contributed by atoms with E-state index in [1.807, 2.05) is 0 Å². The molecule has 0 radical (unpaired) electrons. The zero-order valence-electron chi connectivity index (χ0n) is 8.94. The van der Waals surface area contributed by atoms with Crippen LogP contribution in [0.3, 0.4) is 0 Å². The van der Waals surface area contributed by atoms with E-state index in [0.717, 1.165) is 19.7 Å². The maximum Gasteiger partial charge on any atom is 0.186 e. The van der Waals surface area contributed by atoms with Crippen molar-refractivity contribution in [1.29, 1.82) is 0 Å². The van der Waals surface area contributed by atoms with Crippen LogP contribution in [-0.4, -0.2) is 28.0 Å². The second kappa shape index (κ2) is 6.63. The third kappa shape index (κ3) is 6.82. The molecule has 0 atom stereocenters. The number of hydrogen-bond donors (Lipinski definition) is 1. The first-order valence-corrected chi connectivity index (χ1v) is 8.08. The molecule has 12 heavy (non-hydrogen) atoms. The van der Waals surface area contributed by atoms with Gasteiger partial charge in [0, 0.05) is 6.61 Å². The lowest BCUT2D eigenvalue weighted by Crippen LogP contribution is -2.31. The summed E-state index contributed by atoms with van der Waals surface area (Å²) in [6, 6.07) is 1.27. The summed E-state index contributed by atoms with van der Waals surface area (Å²) >= 11 is 0. The third-order valence-electron chi connectivity index (χ3n) is 1.92. The summed E-state index contributed by atoms with van der Waals surface area (Å²) in [5.74, 6) is 0. The van der Waals surface area contributed by atoms with Gasteiger partial charge in [0.1, 0.15) is 0 Å². The van der Waals surface area contributed by atoms with E-state index in [0.29, 0.717) is 0 Å². The van der Waals surface area contributed by atoms with Gasteiger partial charge in [-0.2, -0.15) is 0 Å². The maximum atomic E-state index is 5.72. The Morgan fingerprint density at radius 3 is 2.42 bits per heavy atom. The van der Waals surface area contributed by atoms with Crippen molar-refractivity contribution in [2.45, 2.75) is 39.4 Å². The van der Waals surface area contributed by atoms with Crippen LogP contribution in [0.5, 0.6) is 0 Å². The second-order valence-electron chi connectivity index (χ2n) is 3.65. The Bertz CT molecular complexity index is 107. The molecule has 0 amide bonds. The fraction of sp³-hybridized carbons (Fsp3) is 1.00. The average molecular weight is 189 g/mol. The molecule has 0 aliphatic carbocycles. The van der Waals surface area contributed by atoms with E-state index < -0.39 is 8.32 Å². The Hall–Kier alpha value is 0.137. The molecule has 0 rings (SSSR count). The van der Waals surface area contributed by atoms with Crippen molar-refractivity contribution in [2.75, 3.05) is 19.7 Å². The largest absolute Gasteiger partial charge is 0.418 e. The summed E-state index contributed by atoms with van der Waals surface area (Å²) in [5.41, 5.74) is 0. The van der Waals surface area contributed by atoms with Crippen molar-refractivity contribution in [3.05, 3.63) is 0 Å². The Morgan fingerprint density at radius 1 is 1.25 bits per heavy atom. The Labute approximate surface area is 77.8 Å². The van der Waals surface area contributed by atoms with Crippen LogP contribution >= 0.6 is 0 Å². The van der Waals surface area contributed by atoms with Crippen molar-refractivity contribution < 1.29 is 4.43 Å². The zero-order chi connectivity index (χ0) is 9.45. The van der Waals surface area contributed by atoms with Gasteiger partial charge < -0.3 is 9.74 Å². The van der Waals surface area contributed by atoms with Gasteiger partial charge in [-0.05, 0) is 45.6 Å². The topological polar surface area (TPSA) is 21.3 Å². The van der Waals surface area contributed by atoms with E-state index in [4.69, 9.17) is 4.43 Å². The molecule has 0 fully saturated rings. The highest BCUT2D eigenvalue weighted by atomic mass is 28.4. The Morgan fingerprint density at radius 2 is 1.92 bits per heavy atom. The minimum absolute atomic E-state index is 0.875. The molecule has 0 aliphatic heterocycles. The Kier molecular flexibility index (Phi) is 6.71. The number of hydrogen-bond acceptors (Lipinski definition) is 2. The van der Waals surface area contributed by atoms with Crippen molar-refractivity contribution in [2.24, 2.45) is 0 Å². The lowest BCUT2D eigenvalue weighted by molar-refractivity contribution is 0.328. The molecule has 0 aromatic carbocycles. The standard InChI is InChI=1S/C9H23NOSi/c1-5-10-8-7-9-12(3,4)11-6-2/h10H,5-9H2,1-4H3. The molecule has 1 N–H and O–H groups in total. The van der Waals surface area contributed by atoms with Gasteiger partial charge in [0.25, 0.3) is 0 Å². The van der Waals surface area contributed by atoms with Gasteiger partial charge in [0.15, 0.2) is 8.32 Å². The van der Waals surface area contributed by atoms with Gasteiger partial charge in [-0.3, -0.25) is 0 Å². The smallest absolute Gasteiger partial charge is 0.186 e. The van der Waals surface area contributed by atoms with Crippen LogP contribution in [0.4, 0.5) is 0 Å². The first-order chi connectivity index (χ1) is 5.62. The van der Waals surface area contributed by atoms with E-state index in [-0.39, 0.29) is 0 Å². The van der Waals surface area contributed by atoms with Crippen LogP contribution in [0.25, 0.3) is 0 Å². The molecule has 0 aliphatic rings. The van der Waals surface area contributed by atoms with E-state index >= 15 is 0 Å². The highest BCUT2D eigenvalue weighted by Gasteiger charge is 2.20. The molecule has 0 aromatic rings. The molecule has 0 spiro atoms. The molecular weight excluding hydrogens is 166 g/mol. The summed E-state index contributed by atoms with van der Waals surface area (Å²) in [6.45, 7) is 11.9. The number of nitrogens with one attached hydrogen (secondary N) is 1. The van der Waals surface area contributed by atoms with Gasteiger partial charge >= 0.3 is 0 Å². The van der Waals surface area contributed by atoms with Crippen LogP contribution in [-0.2, 0) is 4.43 Å². The third-order valence-corrected chi connectivity index (χ3v) is 4.55. The van der Waals surface area contributed by atoms with Crippen molar-refractivity contribution in [3.63, 3.8) is 0 Å². The Balaban J connectivity index is 3.33. The molecule has 0 saturated carbocycles. The summed E-state index contributed by atoms with van der Waals surface area (Å²) in [4.78, 5) is 0. The summed E-state index contributed by atoms with van der Waals surface area (Å²) < 4.78 is 5.72. The molecule has 2 nitrogen and oxygen atoms in total. The monoisotopic (exact) mass is 189 g/mol. The fourth-order valence-corrected chi connectivity index (χ4v) is 3.23. The highest BCUT2D eigenvalue weighted by Crippen LogP contribution is 2.12. The average Bonchev–Trinajstić information content (AvgIpc) is 1.98. The SMILES string of the molecule is CCNCCC[Si](C)(C)OCC. The molecule has 0 aromatic heterocycles. The van der Waals surface area contributed by atoms with Crippen LogP contribution < -0.4 is 5.32 Å². The summed E-state index contributed by atoms with van der Waals surface area (Å²) in [7, 11) is -1.29. The van der Waals surface area contributed by atoms with Gasteiger partial charge in [-0.1, -0.05) is 6.92 Å². The van der Waals surface area contributed by atoms with E-state index in [2.05, 4.69) is 32.3 Å². The molecule has 0 saturated heterocycles. The van der Waals surface area contributed by atoms with E-state index in [1.165, 1.54) is 12.5 Å². The van der Waals surface area contributed by atoms with Crippen molar-refractivity contribution in [3.8, 4) is 0 Å². The quantitative estimate of drug-likeness (QED) is 0.490. The van der Waals surface area contributed by atoms with Gasteiger partial charge in [0.2, 0.25) is 0 Å². The zero-order valence-corrected chi connectivity index (χ0v) is 9.94. The van der Waals surface area contributed by atoms with Crippen LogP contribution in [0.15, 0.2) is 0 Å². The molecule has 74 valence electrons. The predicted molar refractivity (Wildman–Crippen MR) is 57.1 cm³/mol. The molecule has 0 heterocycles. The maximum absolute atomic E-state index is 5.72. The molecule has 0 unspecified atom stereocenters. The molecule has 0 bridgehead atoms. The fourth-order valence-electron chi connectivity index (χ4n) is 1.28. The van der Waals surface area contributed by atoms with Gasteiger partial charge in [-0.15, -0.1) is 0 Å². The van der Waals surface area contributed by atoms with Gasteiger partial charge in [0.05, 0.1) is 0 Å². The van der Waals surface area contributed by atoms with Crippen LogP contribution in [0, 0.1) is 0 Å².